The van der Waals surface area contributed by atoms with Crippen LogP contribution in [0.2, 0.25) is 0 Å². The third-order valence-corrected chi connectivity index (χ3v) is 3.14. The van der Waals surface area contributed by atoms with Crippen LogP contribution in [-0.4, -0.2) is 60.2 Å². The Morgan fingerprint density at radius 3 is 2.72 bits per heavy atom. The topological polar surface area (TPSA) is 82.7 Å². The van der Waals surface area contributed by atoms with E-state index in [0.717, 1.165) is 26.2 Å². The Kier molecular flexibility index (Phi) is 4.11. The molecule has 1 fully saturated rings. The predicted molar refractivity (Wildman–Crippen MR) is 68.5 cm³/mol. The number of hydrogen-bond donors (Lipinski definition) is 2. The first-order chi connectivity index (χ1) is 8.72. The Morgan fingerprint density at radius 1 is 1.39 bits per heavy atom. The number of piperazine rings is 1. The molecule has 0 aromatic carbocycles. The van der Waals surface area contributed by atoms with Gasteiger partial charge in [-0.3, -0.25) is 9.69 Å². The fourth-order valence-electron chi connectivity index (χ4n) is 2.17. The molecule has 98 valence electrons. The number of hydrogen-bond acceptors (Lipinski definition) is 5. The summed E-state index contributed by atoms with van der Waals surface area (Å²) < 4.78 is 0. The molecule has 1 aliphatic rings. The van der Waals surface area contributed by atoms with Crippen molar-refractivity contribution in [1.82, 2.24) is 9.88 Å². The van der Waals surface area contributed by atoms with Gasteiger partial charge >= 0.3 is 0 Å². The Morgan fingerprint density at radius 2 is 2.11 bits per heavy atom. The standard InChI is InChI=1S/C12H18N4O2/c13-11(18)10-2-1-3-14-12(10)16-6-4-15(5-7-16)8-9-17/h1-3,17H,4-9H2,(H2,13,18). The molecule has 0 aliphatic carbocycles. The van der Waals surface area contributed by atoms with E-state index in [0.29, 0.717) is 17.9 Å². The zero-order chi connectivity index (χ0) is 13.0. The maximum absolute atomic E-state index is 11.3. The number of carbonyl (C=O) groups is 1. The van der Waals surface area contributed by atoms with Crippen molar-refractivity contribution < 1.29 is 9.90 Å². The number of nitrogens with two attached hydrogens (primary N) is 1. The molecule has 0 unspecified atom stereocenters. The molecule has 6 nitrogen and oxygen atoms in total. The van der Waals surface area contributed by atoms with E-state index in [1.807, 2.05) is 0 Å². The summed E-state index contributed by atoms with van der Waals surface area (Å²) in [5.74, 6) is 0.213. The van der Waals surface area contributed by atoms with Crippen LogP contribution in [0.4, 0.5) is 5.82 Å². The van der Waals surface area contributed by atoms with Gasteiger partial charge in [0.05, 0.1) is 12.2 Å². The average Bonchev–Trinajstić information content (AvgIpc) is 2.40. The smallest absolute Gasteiger partial charge is 0.252 e. The molecule has 2 heterocycles. The van der Waals surface area contributed by atoms with Crippen LogP contribution in [0, 0.1) is 0 Å². The second-order valence-corrected chi connectivity index (χ2v) is 4.29. The first kappa shape index (κ1) is 12.8. The predicted octanol–water partition coefficient (Wildman–Crippen LogP) is -0.705. The summed E-state index contributed by atoms with van der Waals surface area (Å²) in [4.78, 5) is 19.8. The van der Waals surface area contributed by atoms with Crippen LogP contribution < -0.4 is 10.6 Å². The summed E-state index contributed by atoms with van der Waals surface area (Å²) in [6.45, 7) is 4.16. The van der Waals surface area contributed by atoms with Gasteiger partial charge < -0.3 is 15.7 Å². The molecule has 3 N–H and O–H groups in total. The van der Waals surface area contributed by atoms with E-state index in [9.17, 15) is 4.79 Å². The molecule has 18 heavy (non-hydrogen) atoms. The number of anilines is 1. The van der Waals surface area contributed by atoms with Gasteiger partial charge in [0.1, 0.15) is 5.82 Å². The summed E-state index contributed by atoms with van der Waals surface area (Å²) in [6.07, 6.45) is 1.67. The number of β-amino-alcohol motifs (C(OH)–C–C–N with tert-alkyl or cyclic N) is 1. The molecule has 1 aromatic heterocycles. The molecular weight excluding hydrogens is 232 g/mol. The minimum atomic E-state index is -0.448. The van der Waals surface area contributed by atoms with E-state index in [2.05, 4.69) is 14.8 Å². The summed E-state index contributed by atoms with van der Waals surface area (Å²) in [7, 11) is 0. The molecule has 0 atom stereocenters. The van der Waals surface area contributed by atoms with Gasteiger partial charge in [0, 0.05) is 38.9 Å². The third-order valence-electron chi connectivity index (χ3n) is 3.14. The second-order valence-electron chi connectivity index (χ2n) is 4.29. The van der Waals surface area contributed by atoms with Crippen LogP contribution in [0.5, 0.6) is 0 Å². The van der Waals surface area contributed by atoms with Crippen molar-refractivity contribution in [2.45, 2.75) is 0 Å². The number of amides is 1. The zero-order valence-electron chi connectivity index (χ0n) is 10.2. The number of nitrogens with zero attached hydrogens (tertiary/aromatic N) is 3. The van der Waals surface area contributed by atoms with E-state index >= 15 is 0 Å². The largest absolute Gasteiger partial charge is 0.395 e. The lowest BCUT2D eigenvalue weighted by Crippen LogP contribution is -2.48. The Bertz CT molecular complexity index is 416. The van der Waals surface area contributed by atoms with Crippen molar-refractivity contribution in [2.75, 3.05) is 44.2 Å². The average molecular weight is 250 g/mol. The molecule has 1 aromatic rings. The Hall–Kier alpha value is -1.66. The highest BCUT2D eigenvalue weighted by molar-refractivity contribution is 5.97. The lowest BCUT2D eigenvalue weighted by Gasteiger charge is -2.35. The van der Waals surface area contributed by atoms with Crippen LogP contribution in [0.3, 0.4) is 0 Å². The van der Waals surface area contributed by atoms with Crippen molar-refractivity contribution >= 4 is 11.7 Å². The van der Waals surface area contributed by atoms with Gasteiger partial charge in [-0.15, -0.1) is 0 Å². The van der Waals surface area contributed by atoms with Gasteiger partial charge in [-0.1, -0.05) is 0 Å². The zero-order valence-corrected chi connectivity index (χ0v) is 10.2. The van der Waals surface area contributed by atoms with Gasteiger partial charge in [-0.2, -0.15) is 0 Å². The molecule has 0 bridgehead atoms. The van der Waals surface area contributed by atoms with Crippen LogP contribution in [0.15, 0.2) is 18.3 Å². The maximum Gasteiger partial charge on any atom is 0.252 e. The molecule has 0 saturated carbocycles. The van der Waals surface area contributed by atoms with Gasteiger partial charge in [0.15, 0.2) is 0 Å². The quantitative estimate of drug-likeness (QED) is 0.738. The fourth-order valence-corrected chi connectivity index (χ4v) is 2.17. The highest BCUT2D eigenvalue weighted by Crippen LogP contribution is 2.18. The minimum Gasteiger partial charge on any atom is -0.395 e. The summed E-state index contributed by atoms with van der Waals surface area (Å²) in [5, 5.41) is 8.89. The molecular formula is C12H18N4O2. The van der Waals surface area contributed by atoms with Gasteiger partial charge in [-0.25, -0.2) is 4.98 Å². The third kappa shape index (κ3) is 2.77. The number of aromatic nitrogens is 1. The van der Waals surface area contributed by atoms with Crippen LogP contribution in [0.25, 0.3) is 0 Å². The molecule has 1 aliphatic heterocycles. The number of primary amides is 1. The second kappa shape index (κ2) is 5.79. The lowest BCUT2D eigenvalue weighted by molar-refractivity contribution is 0.1000. The number of aliphatic hydroxyl groups is 1. The SMILES string of the molecule is NC(=O)c1cccnc1N1CCN(CCO)CC1. The van der Waals surface area contributed by atoms with E-state index in [-0.39, 0.29) is 6.61 Å². The van der Waals surface area contributed by atoms with E-state index in [1.165, 1.54) is 0 Å². The summed E-state index contributed by atoms with van der Waals surface area (Å²) >= 11 is 0. The summed E-state index contributed by atoms with van der Waals surface area (Å²) in [5.41, 5.74) is 5.81. The number of pyridine rings is 1. The molecule has 2 rings (SSSR count). The lowest BCUT2D eigenvalue weighted by atomic mass is 10.2. The fraction of sp³-hybridized carbons (Fsp3) is 0.500. The van der Waals surface area contributed by atoms with Crippen LogP contribution in [-0.2, 0) is 0 Å². The first-order valence-corrected chi connectivity index (χ1v) is 6.05. The number of rotatable bonds is 4. The van der Waals surface area contributed by atoms with Gasteiger partial charge in [0.25, 0.3) is 5.91 Å². The monoisotopic (exact) mass is 250 g/mol. The molecule has 1 saturated heterocycles. The molecule has 0 spiro atoms. The number of carbonyl (C=O) groups excluding carboxylic acids is 1. The molecule has 1 amide bonds. The van der Waals surface area contributed by atoms with Gasteiger partial charge in [-0.05, 0) is 12.1 Å². The van der Waals surface area contributed by atoms with E-state index < -0.39 is 5.91 Å². The normalized spacial score (nSPS) is 16.8. The van der Waals surface area contributed by atoms with Crippen molar-refractivity contribution in [3.05, 3.63) is 23.9 Å². The van der Waals surface area contributed by atoms with Crippen LogP contribution in [0.1, 0.15) is 10.4 Å². The minimum absolute atomic E-state index is 0.177. The maximum atomic E-state index is 11.3. The van der Waals surface area contributed by atoms with Crippen molar-refractivity contribution in [2.24, 2.45) is 5.73 Å². The Labute approximate surface area is 106 Å². The van der Waals surface area contributed by atoms with E-state index in [1.54, 1.807) is 18.3 Å². The first-order valence-electron chi connectivity index (χ1n) is 6.05. The highest BCUT2D eigenvalue weighted by atomic mass is 16.3. The summed E-state index contributed by atoms with van der Waals surface area (Å²) in [6, 6.07) is 3.41. The molecule has 0 radical (unpaired) electrons. The molecule has 6 heteroatoms. The van der Waals surface area contributed by atoms with Crippen LogP contribution >= 0.6 is 0 Å². The highest BCUT2D eigenvalue weighted by Gasteiger charge is 2.21. The van der Waals surface area contributed by atoms with Gasteiger partial charge in [0.2, 0.25) is 0 Å². The van der Waals surface area contributed by atoms with E-state index in [4.69, 9.17) is 10.8 Å². The van der Waals surface area contributed by atoms with Crippen molar-refractivity contribution in [1.29, 1.82) is 0 Å². The Balaban J connectivity index is 2.07. The number of aliphatic hydroxyl groups excluding tert-OH is 1. The van der Waals surface area contributed by atoms with Crippen molar-refractivity contribution in [3.8, 4) is 0 Å². The van der Waals surface area contributed by atoms with Crippen molar-refractivity contribution in [3.63, 3.8) is 0 Å².